The van der Waals surface area contributed by atoms with Crippen molar-refractivity contribution in [3.05, 3.63) is 41.6 Å². The van der Waals surface area contributed by atoms with Crippen LogP contribution in [0.1, 0.15) is 20.8 Å². The van der Waals surface area contributed by atoms with Gasteiger partial charge in [0.2, 0.25) is 11.5 Å². The lowest BCUT2D eigenvalue weighted by Gasteiger charge is -2.06. The second-order valence-corrected chi connectivity index (χ2v) is 3.88. The minimum absolute atomic E-state index is 0.0700. The Kier molecular flexibility index (Phi) is 4.28. The summed E-state index contributed by atoms with van der Waals surface area (Å²) in [5.74, 6) is -0.781. The molecule has 0 saturated heterocycles. The average molecular weight is 275 g/mol. The number of carbonyl (C=O) groups excluding carboxylic acids is 2. The summed E-state index contributed by atoms with van der Waals surface area (Å²) in [6.07, 6.45) is 0. The number of nitrogens with one attached hydrogen (secondary N) is 2. The standard InChI is InChI=1S/C12H13N5O3/c13-10-9(16-20-17-10)12(19)15-7-6-14-11(18)8-4-2-1-3-5-8/h1-5H,6-7H2,(H2,13,17)(H,14,18)(H,15,19). The Morgan fingerprint density at radius 3 is 2.30 bits per heavy atom. The van der Waals surface area contributed by atoms with E-state index in [1.807, 2.05) is 6.07 Å². The van der Waals surface area contributed by atoms with Crippen LogP contribution in [0.15, 0.2) is 35.0 Å². The number of amides is 2. The van der Waals surface area contributed by atoms with Gasteiger partial charge in [0.1, 0.15) is 0 Å². The second kappa shape index (κ2) is 6.32. The van der Waals surface area contributed by atoms with Crippen LogP contribution < -0.4 is 16.4 Å². The molecule has 0 radical (unpaired) electrons. The smallest absolute Gasteiger partial charge is 0.277 e. The van der Waals surface area contributed by atoms with E-state index in [1.165, 1.54) is 0 Å². The molecule has 104 valence electrons. The summed E-state index contributed by atoms with van der Waals surface area (Å²) in [6.45, 7) is 0.522. The number of nitrogens with zero attached hydrogens (tertiary/aromatic N) is 2. The van der Waals surface area contributed by atoms with Gasteiger partial charge in [0, 0.05) is 18.7 Å². The van der Waals surface area contributed by atoms with E-state index in [4.69, 9.17) is 5.73 Å². The van der Waals surface area contributed by atoms with Crippen molar-refractivity contribution >= 4 is 17.6 Å². The van der Waals surface area contributed by atoms with E-state index >= 15 is 0 Å². The Balaban J connectivity index is 1.73. The molecule has 0 aliphatic heterocycles. The maximum atomic E-state index is 11.7. The van der Waals surface area contributed by atoms with Gasteiger partial charge in [-0.15, -0.1) is 0 Å². The molecule has 0 unspecified atom stereocenters. The summed E-state index contributed by atoms with van der Waals surface area (Å²) in [4.78, 5) is 23.3. The minimum Gasteiger partial charge on any atom is -0.379 e. The summed E-state index contributed by atoms with van der Waals surface area (Å²) >= 11 is 0. The number of aromatic nitrogens is 2. The summed E-state index contributed by atoms with van der Waals surface area (Å²) in [7, 11) is 0. The van der Waals surface area contributed by atoms with Crippen molar-refractivity contribution in [2.24, 2.45) is 0 Å². The Morgan fingerprint density at radius 1 is 1.05 bits per heavy atom. The molecule has 4 N–H and O–H groups in total. The van der Waals surface area contributed by atoms with Crippen molar-refractivity contribution in [1.29, 1.82) is 0 Å². The van der Waals surface area contributed by atoms with Crippen LogP contribution in [0.3, 0.4) is 0 Å². The van der Waals surface area contributed by atoms with E-state index in [0.29, 0.717) is 5.56 Å². The van der Waals surface area contributed by atoms with Crippen LogP contribution in [0.4, 0.5) is 5.82 Å². The molecule has 1 heterocycles. The first-order chi connectivity index (χ1) is 9.68. The normalized spacial score (nSPS) is 10.0. The summed E-state index contributed by atoms with van der Waals surface area (Å²) in [5.41, 5.74) is 5.86. The van der Waals surface area contributed by atoms with Crippen molar-refractivity contribution in [3.8, 4) is 0 Å². The molecule has 0 atom stereocenters. The predicted molar refractivity (Wildman–Crippen MR) is 69.8 cm³/mol. The minimum atomic E-state index is -0.502. The molecule has 0 spiro atoms. The highest BCUT2D eigenvalue weighted by Gasteiger charge is 2.15. The van der Waals surface area contributed by atoms with Gasteiger partial charge in [-0.05, 0) is 22.4 Å². The summed E-state index contributed by atoms with van der Waals surface area (Å²) in [5, 5.41) is 11.9. The van der Waals surface area contributed by atoms with Crippen LogP contribution in [0.2, 0.25) is 0 Å². The Bertz CT molecular complexity index is 596. The highest BCUT2D eigenvalue weighted by atomic mass is 16.6. The number of nitrogen functional groups attached to an aromatic ring is 1. The van der Waals surface area contributed by atoms with Crippen molar-refractivity contribution in [1.82, 2.24) is 20.9 Å². The van der Waals surface area contributed by atoms with Crippen LogP contribution in [0.5, 0.6) is 0 Å². The third-order valence-corrected chi connectivity index (χ3v) is 2.46. The number of hydrogen-bond donors (Lipinski definition) is 3. The first kappa shape index (κ1) is 13.5. The predicted octanol–water partition coefficient (Wildman–Crippen LogP) is -0.188. The average Bonchev–Trinajstić information content (AvgIpc) is 2.90. The fourth-order valence-corrected chi connectivity index (χ4v) is 1.48. The largest absolute Gasteiger partial charge is 0.379 e. The molecule has 1 aromatic heterocycles. The second-order valence-electron chi connectivity index (χ2n) is 3.88. The molecule has 2 rings (SSSR count). The molecule has 8 nitrogen and oxygen atoms in total. The molecule has 8 heteroatoms. The fourth-order valence-electron chi connectivity index (χ4n) is 1.48. The van der Waals surface area contributed by atoms with Gasteiger partial charge in [-0.3, -0.25) is 9.59 Å². The van der Waals surface area contributed by atoms with Gasteiger partial charge in [-0.2, -0.15) is 0 Å². The zero-order valence-electron chi connectivity index (χ0n) is 10.5. The summed E-state index contributed by atoms with van der Waals surface area (Å²) in [6, 6.07) is 8.78. The monoisotopic (exact) mass is 275 g/mol. The molecule has 0 aliphatic rings. The zero-order chi connectivity index (χ0) is 14.4. The highest BCUT2D eigenvalue weighted by molar-refractivity contribution is 5.96. The zero-order valence-corrected chi connectivity index (χ0v) is 10.5. The van der Waals surface area contributed by atoms with E-state index in [2.05, 4.69) is 25.6 Å². The van der Waals surface area contributed by atoms with Gasteiger partial charge >= 0.3 is 0 Å². The number of anilines is 1. The van der Waals surface area contributed by atoms with Gasteiger partial charge in [-0.25, -0.2) is 4.63 Å². The first-order valence-electron chi connectivity index (χ1n) is 5.88. The van der Waals surface area contributed by atoms with Crippen molar-refractivity contribution < 1.29 is 14.2 Å². The van der Waals surface area contributed by atoms with Crippen LogP contribution >= 0.6 is 0 Å². The molecule has 0 fully saturated rings. The lowest BCUT2D eigenvalue weighted by Crippen LogP contribution is -2.35. The fraction of sp³-hybridized carbons (Fsp3) is 0.167. The van der Waals surface area contributed by atoms with E-state index in [9.17, 15) is 9.59 Å². The third-order valence-electron chi connectivity index (χ3n) is 2.46. The highest BCUT2D eigenvalue weighted by Crippen LogP contribution is 2.02. The quantitative estimate of drug-likeness (QED) is 0.650. The third kappa shape index (κ3) is 3.31. The van der Waals surface area contributed by atoms with E-state index < -0.39 is 5.91 Å². The molecule has 20 heavy (non-hydrogen) atoms. The number of carbonyl (C=O) groups is 2. The van der Waals surface area contributed by atoms with Crippen LogP contribution in [0, 0.1) is 0 Å². The van der Waals surface area contributed by atoms with Gasteiger partial charge in [0.15, 0.2) is 0 Å². The molecule has 2 aromatic rings. The lowest BCUT2D eigenvalue weighted by atomic mass is 10.2. The number of rotatable bonds is 5. The number of hydrogen-bond acceptors (Lipinski definition) is 6. The van der Waals surface area contributed by atoms with Crippen molar-refractivity contribution in [3.63, 3.8) is 0 Å². The summed E-state index contributed by atoms with van der Waals surface area (Å²) < 4.78 is 4.31. The van der Waals surface area contributed by atoms with E-state index in [0.717, 1.165) is 0 Å². The Morgan fingerprint density at radius 2 is 1.70 bits per heavy atom. The molecule has 1 aromatic carbocycles. The molecule has 2 amide bonds. The SMILES string of the molecule is Nc1nonc1C(=O)NCCNC(=O)c1ccccc1. The van der Waals surface area contributed by atoms with Crippen molar-refractivity contribution in [2.45, 2.75) is 0 Å². The van der Waals surface area contributed by atoms with Gasteiger partial charge < -0.3 is 16.4 Å². The van der Waals surface area contributed by atoms with Gasteiger partial charge in [-0.1, -0.05) is 18.2 Å². The van der Waals surface area contributed by atoms with Crippen LogP contribution in [-0.2, 0) is 0 Å². The van der Waals surface area contributed by atoms with Gasteiger partial charge in [0.25, 0.3) is 11.8 Å². The van der Waals surface area contributed by atoms with Crippen LogP contribution in [-0.4, -0.2) is 35.2 Å². The maximum absolute atomic E-state index is 11.7. The molecular formula is C12H13N5O3. The van der Waals surface area contributed by atoms with Gasteiger partial charge in [0.05, 0.1) is 0 Å². The lowest BCUT2D eigenvalue weighted by molar-refractivity contribution is 0.0922. The Labute approximate surface area is 114 Å². The number of benzene rings is 1. The molecule has 0 aliphatic carbocycles. The van der Waals surface area contributed by atoms with Crippen molar-refractivity contribution in [2.75, 3.05) is 18.8 Å². The maximum Gasteiger partial charge on any atom is 0.277 e. The first-order valence-corrected chi connectivity index (χ1v) is 5.88. The topological polar surface area (TPSA) is 123 Å². The Hall–Kier alpha value is -2.90. The number of nitrogens with two attached hydrogens (primary N) is 1. The van der Waals surface area contributed by atoms with E-state index in [1.54, 1.807) is 24.3 Å². The van der Waals surface area contributed by atoms with E-state index in [-0.39, 0.29) is 30.5 Å². The van der Waals surface area contributed by atoms with Crippen LogP contribution in [0.25, 0.3) is 0 Å². The molecular weight excluding hydrogens is 262 g/mol. The molecule has 0 bridgehead atoms. The molecule has 0 saturated carbocycles.